The van der Waals surface area contributed by atoms with Crippen molar-refractivity contribution in [1.82, 2.24) is 10.2 Å². The van der Waals surface area contributed by atoms with Crippen molar-refractivity contribution in [3.05, 3.63) is 69.3 Å². The number of amides is 1. The van der Waals surface area contributed by atoms with Gasteiger partial charge in [-0.1, -0.05) is 18.2 Å². The Kier molecular flexibility index (Phi) is 8.75. The lowest BCUT2D eigenvalue weighted by Crippen LogP contribution is -2.33. The Morgan fingerprint density at radius 1 is 1.07 bits per heavy atom. The highest BCUT2D eigenvalue weighted by Gasteiger charge is 2.23. The zero-order valence-electron chi connectivity index (χ0n) is 16.8. The van der Waals surface area contributed by atoms with Gasteiger partial charge in [-0.05, 0) is 25.2 Å². The van der Waals surface area contributed by atoms with E-state index in [-0.39, 0.29) is 40.7 Å². The van der Waals surface area contributed by atoms with Gasteiger partial charge in [-0.3, -0.25) is 19.7 Å². The minimum atomic E-state index is -0.519. The zero-order valence-corrected chi connectivity index (χ0v) is 17.7. The minimum absolute atomic E-state index is 0. The van der Waals surface area contributed by atoms with Crippen LogP contribution in [0.15, 0.2) is 42.5 Å². The molecule has 0 aliphatic carbocycles. The molecule has 156 valence electrons. The van der Waals surface area contributed by atoms with Gasteiger partial charge in [0.15, 0.2) is 5.78 Å². The molecule has 0 spiro atoms. The first kappa shape index (κ1) is 24.1. The van der Waals surface area contributed by atoms with E-state index in [0.717, 1.165) is 0 Å². The van der Waals surface area contributed by atoms with E-state index in [0.29, 0.717) is 18.8 Å². The number of nitrogens with one attached hydrogen (secondary N) is 1. The number of hydrogen-bond donors (Lipinski definition) is 1. The summed E-state index contributed by atoms with van der Waals surface area (Å²) in [6.45, 7) is 1.11. The van der Waals surface area contributed by atoms with Crippen LogP contribution in [0.2, 0.25) is 0 Å². The molecule has 0 saturated carbocycles. The van der Waals surface area contributed by atoms with E-state index in [9.17, 15) is 19.7 Å². The fraction of sp³-hybridized carbons (Fsp3) is 0.300. The second kappa shape index (κ2) is 10.5. The average molecular weight is 421 g/mol. The van der Waals surface area contributed by atoms with Crippen LogP contribution >= 0.6 is 12.4 Å². The maximum absolute atomic E-state index is 13.0. The molecule has 0 aromatic heterocycles. The molecule has 0 bridgehead atoms. The lowest BCUT2D eigenvalue weighted by molar-refractivity contribution is -0.384. The Balaban J connectivity index is 0.00000420. The zero-order chi connectivity index (χ0) is 20.8. The number of anilines is 1. The van der Waals surface area contributed by atoms with Crippen LogP contribution in [0.25, 0.3) is 0 Å². The molecule has 8 nitrogen and oxygen atoms in total. The summed E-state index contributed by atoms with van der Waals surface area (Å²) in [6, 6.07) is 10.8. The number of carbonyl (C=O) groups excluding carboxylic acids is 2. The highest BCUT2D eigenvalue weighted by Crippen LogP contribution is 2.29. The van der Waals surface area contributed by atoms with Gasteiger partial charge in [0.05, 0.1) is 10.5 Å². The molecule has 0 atom stereocenters. The van der Waals surface area contributed by atoms with Gasteiger partial charge < -0.3 is 15.1 Å². The van der Waals surface area contributed by atoms with Gasteiger partial charge in [-0.2, -0.15) is 0 Å². The maximum atomic E-state index is 13.0. The number of nitro groups is 1. The number of ketones is 1. The van der Waals surface area contributed by atoms with Gasteiger partial charge in [-0.25, -0.2) is 0 Å². The van der Waals surface area contributed by atoms with Crippen LogP contribution < -0.4 is 10.2 Å². The quantitative estimate of drug-likeness (QED) is 0.400. The molecule has 0 heterocycles. The predicted molar refractivity (Wildman–Crippen MR) is 115 cm³/mol. The molecule has 0 radical (unpaired) electrons. The number of hydrogen-bond acceptors (Lipinski definition) is 6. The van der Waals surface area contributed by atoms with E-state index >= 15 is 0 Å². The first-order valence-electron chi connectivity index (χ1n) is 8.77. The summed E-state index contributed by atoms with van der Waals surface area (Å²) >= 11 is 0. The van der Waals surface area contributed by atoms with Crippen molar-refractivity contribution in [2.45, 2.75) is 0 Å². The van der Waals surface area contributed by atoms with Crippen molar-refractivity contribution >= 4 is 35.5 Å². The van der Waals surface area contributed by atoms with Crippen molar-refractivity contribution in [1.29, 1.82) is 0 Å². The van der Waals surface area contributed by atoms with Crippen LogP contribution in [0.5, 0.6) is 0 Å². The Bertz CT molecular complexity index is 902. The SMILES string of the molecule is CNCCN(C)C(=O)c1ccccc1C(=O)c1ccc(N(C)C)c([N+](=O)[O-])c1.Cl. The summed E-state index contributed by atoms with van der Waals surface area (Å²) < 4.78 is 0. The van der Waals surface area contributed by atoms with Crippen molar-refractivity contribution in [2.75, 3.05) is 46.2 Å². The van der Waals surface area contributed by atoms with Crippen LogP contribution in [0, 0.1) is 10.1 Å². The number of carbonyl (C=O) groups is 2. The number of rotatable bonds is 8. The highest BCUT2D eigenvalue weighted by molar-refractivity contribution is 6.15. The van der Waals surface area contributed by atoms with Crippen LogP contribution in [0.3, 0.4) is 0 Å². The summed E-state index contributed by atoms with van der Waals surface area (Å²) in [4.78, 5) is 39.8. The number of nitrogens with zero attached hydrogens (tertiary/aromatic N) is 3. The lowest BCUT2D eigenvalue weighted by atomic mass is 9.97. The standard InChI is InChI=1S/C20H24N4O4.ClH/c1-21-11-12-23(4)20(26)16-8-6-5-7-15(16)19(25)14-9-10-17(22(2)3)18(13-14)24(27)28;/h5-10,13,21H,11-12H2,1-4H3;1H. The molecule has 2 rings (SSSR count). The average Bonchev–Trinajstić information content (AvgIpc) is 2.70. The molecule has 0 aliphatic heterocycles. The van der Waals surface area contributed by atoms with Crippen molar-refractivity contribution < 1.29 is 14.5 Å². The van der Waals surface area contributed by atoms with E-state index in [1.54, 1.807) is 57.4 Å². The van der Waals surface area contributed by atoms with Gasteiger partial charge >= 0.3 is 0 Å². The monoisotopic (exact) mass is 420 g/mol. The highest BCUT2D eigenvalue weighted by atomic mass is 35.5. The van der Waals surface area contributed by atoms with Crippen LogP contribution in [0.1, 0.15) is 26.3 Å². The summed E-state index contributed by atoms with van der Waals surface area (Å²) in [5.41, 5.74) is 0.889. The van der Waals surface area contributed by atoms with E-state index in [1.807, 2.05) is 0 Å². The molecular formula is C20H25ClN4O4. The van der Waals surface area contributed by atoms with Crippen LogP contribution in [-0.4, -0.2) is 62.8 Å². The number of nitro benzene ring substituents is 1. The molecule has 0 unspecified atom stereocenters. The summed E-state index contributed by atoms with van der Waals surface area (Å²) in [7, 11) is 6.84. The fourth-order valence-corrected chi connectivity index (χ4v) is 2.80. The largest absolute Gasteiger partial charge is 0.372 e. The fourth-order valence-electron chi connectivity index (χ4n) is 2.80. The second-order valence-electron chi connectivity index (χ2n) is 6.56. The first-order chi connectivity index (χ1) is 13.3. The van der Waals surface area contributed by atoms with Crippen molar-refractivity contribution in [3.8, 4) is 0 Å². The molecule has 9 heteroatoms. The summed E-state index contributed by atoms with van der Waals surface area (Å²) in [5.74, 6) is -0.710. The van der Waals surface area contributed by atoms with Gasteiger partial charge in [0, 0.05) is 51.4 Å². The first-order valence-corrected chi connectivity index (χ1v) is 8.77. The summed E-state index contributed by atoms with van der Waals surface area (Å²) in [6.07, 6.45) is 0. The molecule has 1 amide bonds. The molecular weight excluding hydrogens is 396 g/mol. The minimum Gasteiger partial charge on any atom is -0.372 e. The molecule has 0 aliphatic rings. The van der Waals surface area contributed by atoms with Gasteiger partial charge in [0.2, 0.25) is 0 Å². The van der Waals surface area contributed by atoms with E-state index in [4.69, 9.17) is 0 Å². The van der Waals surface area contributed by atoms with Crippen molar-refractivity contribution in [3.63, 3.8) is 0 Å². The summed E-state index contributed by atoms with van der Waals surface area (Å²) in [5, 5.41) is 14.4. The third-order valence-corrected chi connectivity index (χ3v) is 4.36. The van der Waals surface area contributed by atoms with E-state index in [2.05, 4.69) is 5.32 Å². The number of halogens is 1. The Hall–Kier alpha value is -2.97. The third-order valence-electron chi connectivity index (χ3n) is 4.36. The normalized spacial score (nSPS) is 10.1. The maximum Gasteiger partial charge on any atom is 0.293 e. The Labute approximate surface area is 176 Å². The van der Waals surface area contributed by atoms with Crippen LogP contribution in [-0.2, 0) is 0 Å². The predicted octanol–water partition coefficient (Wildman–Crippen LogP) is 2.61. The molecule has 0 saturated heterocycles. The number of benzene rings is 2. The van der Waals surface area contributed by atoms with E-state index < -0.39 is 10.7 Å². The smallest absolute Gasteiger partial charge is 0.293 e. The van der Waals surface area contributed by atoms with E-state index in [1.165, 1.54) is 23.1 Å². The third kappa shape index (κ3) is 5.52. The molecule has 0 fully saturated rings. The Morgan fingerprint density at radius 2 is 1.69 bits per heavy atom. The van der Waals surface area contributed by atoms with Gasteiger partial charge in [0.25, 0.3) is 11.6 Å². The molecule has 1 N–H and O–H groups in total. The second-order valence-corrected chi connectivity index (χ2v) is 6.56. The molecule has 2 aromatic rings. The topological polar surface area (TPSA) is 95.8 Å². The van der Waals surface area contributed by atoms with Crippen LogP contribution in [0.4, 0.5) is 11.4 Å². The molecule has 2 aromatic carbocycles. The molecule has 29 heavy (non-hydrogen) atoms. The Morgan fingerprint density at radius 3 is 2.24 bits per heavy atom. The van der Waals surface area contributed by atoms with Crippen molar-refractivity contribution in [2.24, 2.45) is 0 Å². The van der Waals surface area contributed by atoms with Gasteiger partial charge in [-0.15, -0.1) is 12.4 Å². The lowest BCUT2D eigenvalue weighted by Gasteiger charge is -2.19. The van der Waals surface area contributed by atoms with Gasteiger partial charge in [0.1, 0.15) is 5.69 Å². The number of likely N-dealkylation sites (N-methyl/N-ethyl adjacent to an activating group) is 2.